The smallest absolute Gasteiger partial charge is 0.280 e. The molecule has 0 aliphatic heterocycles. The Morgan fingerprint density at radius 1 is 1.17 bits per heavy atom. The quantitative estimate of drug-likeness (QED) is 0.564. The van der Waals surface area contributed by atoms with E-state index in [9.17, 15) is 22.0 Å². The van der Waals surface area contributed by atoms with Crippen molar-refractivity contribution >= 4 is 39.0 Å². The van der Waals surface area contributed by atoms with Gasteiger partial charge in [-0.05, 0) is 49.4 Å². The summed E-state index contributed by atoms with van der Waals surface area (Å²) in [7, 11) is -3.94. The van der Waals surface area contributed by atoms with Crippen LogP contribution in [-0.4, -0.2) is 34.3 Å². The van der Waals surface area contributed by atoms with Crippen molar-refractivity contribution in [2.45, 2.75) is 24.8 Å². The fraction of sp³-hybridized carbons (Fsp3) is 0.176. The van der Waals surface area contributed by atoms with E-state index in [1.807, 2.05) is 0 Å². The molecule has 0 unspecified atom stereocenters. The van der Waals surface area contributed by atoms with Crippen molar-refractivity contribution in [1.29, 1.82) is 0 Å². The van der Waals surface area contributed by atoms with E-state index in [0.717, 1.165) is 4.68 Å². The second kappa shape index (κ2) is 8.71. The molecule has 13 heteroatoms. The van der Waals surface area contributed by atoms with Crippen LogP contribution in [0.5, 0.6) is 0 Å². The Balaban J connectivity index is 1.66. The van der Waals surface area contributed by atoms with Gasteiger partial charge in [-0.1, -0.05) is 11.6 Å². The number of anilines is 2. The van der Waals surface area contributed by atoms with Crippen molar-refractivity contribution < 1.29 is 22.0 Å². The van der Waals surface area contributed by atoms with Crippen molar-refractivity contribution in [2.75, 3.05) is 10.0 Å². The molecular weight excluding hydrogens is 442 g/mol. The van der Waals surface area contributed by atoms with Gasteiger partial charge in [0, 0.05) is 5.69 Å². The van der Waals surface area contributed by atoms with Crippen LogP contribution in [0.2, 0.25) is 5.15 Å². The molecule has 0 spiro atoms. The maximum Gasteiger partial charge on any atom is 0.280 e. The van der Waals surface area contributed by atoms with Crippen molar-refractivity contribution in [3.63, 3.8) is 0 Å². The highest BCUT2D eigenvalue weighted by Gasteiger charge is 2.18. The van der Waals surface area contributed by atoms with Crippen LogP contribution in [0.15, 0.2) is 47.4 Å². The first-order chi connectivity index (χ1) is 14.1. The van der Waals surface area contributed by atoms with Crippen molar-refractivity contribution in [1.82, 2.24) is 20.0 Å². The molecule has 0 aliphatic rings. The maximum absolute atomic E-state index is 13.0. The number of nitrogens with one attached hydrogen (secondary N) is 2. The van der Waals surface area contributed by atoms with E-state index < -0.39 is 28.9 Å². The summed E-state index contributed by atoms with van der Waals surface area (Å²) in [6.07, 6.45) is -2.76. The first-order valence-electron chi connectivity index (χ1n) is 8.38. The Bertz CT molecular complexity index is 1150. The minimum Gasteiger partial charge on any atom is -0.324 e. The molecule has 0 fully saturated rings. The molecule has 0 atom stereocenters. The Hall–Kier alpha value is -3.12. The van der Waals surface area contributed by atoms with E-state index >= 15 is 0 Å². The average molecular weight is 457 g/mol. The minimum atomic E-state index is -3.94. The molecule has 1 aromatic carbocycles. The lowest BCUT2D eigenvalue weighted by atomic mass is 10.3. The molecule has 1 amide bonds. The van der Waals surface area contributed by atoms with Gasteiger partial charge in [0.1, 0.15) is 12.2 Å². The van der Waals surface area contributed by atoms with Gasteiger partial charge in [0.25, 0.3) is 16.4 Å². The summed E-state index contributed by atoms with van der Waals surface area (Å²) >= 11 is 5.61. The lowest BCUT2D eigenvalue weighted by Crippen LogP contribution is -2.21. The number of carbonyl (C=O) groups is 1. The number of hydrogen-bond donors (Lipinski definition) is 2. The third-order valence-electron chi connectivity index (χ3n) is 3.77. The summed E-state index contributed by atoms with van der Waals surface area (Å²) < 4.78 is 53.9. The molecule has 30 heavy (non-hydrogen) atoms. The van der Waals surface area contributed by atoms with Crippen molar-refractivity contribution in [3.05, 3.63) is 59.0 Å². The monoisotopic (exact) mass is 456 g/mol. The summed E-state index contributed by atoms with van der Waals surface area (Å²) in [5.41, 5.74) is 0.290. The second-order valence-electron chi connectivity index (χ2n) is 6.09. The van der Waals surface area contributed by atoms with Gasteiger partial charge in [-0.25, -0.2) is 17.2 Å². The maximum atomic E-state index is 13.0. The number of aromatic nitrogens is 4. The van der Waals surface area contributed by atoms with Gasteiger partial charge in [0.2, 0.25) is 5.91 Å². The predicted octanol–water partition coefficient (Wildman–Crippen LogP) is 3.01. The van der Waals surface area contributed by atoms with Crippen molar-refractivity contribution in [2.24, 2.45) is 0 Å². The number of sulfonamides is 1. The van der Waals surface area contributed by atoms with Gasteiger partial charge in [0.15, 0.2) is 11.0 Å². The third kappa shape index (κ3) is 5.27. The molecule has 3 aromatic rings. The molecule has 9 nitrogen and oxygen atoms in total. The fourth-order valence-corrected chi connectivity index (χ4v) is 3.59. The molecule has 0 radical (unpaired) electrons. The third-order valence-corrected chi connectivity index (χ3v) is 5.34. The van der Waals surface area contributed by atoms with E-state index in [1.165, 1.54) is 42.5 Å². The Kier molecular flexibility index (Phi) is 6.27. The first-order valence-corrected chi connectivity index (χ1v) is 10.2. The molecule has 0 saturated carbocycles. The number of amides is 1. The lowest BCUT2D eigenvalue weighted by molar-refractivity contribution is -0.117. The van der Waals surface area contributed by atoms with E-state index in [2.05, 4.69) is 25.3 Å². The zero-order chi connectivity index (χ0) is 21.9. The summed E-state index contributed by atoms with van der Waals surface area (Å²) in [6.45, 7) is 1.13. The van der Waals surface area contributed by atoms with Crippen LogP contribution in [0.1, 0.15) is 17.8 Å². The van der Waals surface area contributed by atoms with E-state index in [0.29, 0.717) is 5.69 Å². The number of aryl methyl sites for hydroxylation is 1. The van der Waals surface area contributed by atoms with Crippen LogP contribution in [0.25, 0.3) is 0 Å². The normalized spacial score (nSPS) is 11.5. The highest BCUT2D eigenvalue weighted by molar-refractivity contribution is 7.92. The van der Waals surface area contributed by atoms with Crippen LogP contribution in [0, 0.1) is 6.92 Å². The zero-order valence-corrected chi connectivity index (χ0v) is 17.0. The van der Waals surface area contributed by atoms with Gasteiger partial charge in [0.05, 0.1) is 10.6 Å². The predicted molar refractivity (Wildman–Crippen MR) is 105 cm³/mol. The highest BCUT2D eigenvalue weighted by Crippen LogP contribution is 2.20. The SMILES string of the molecule is Cc1cc(C(F)F)n(CC(=O)Nc2ccc(S(=O)(=O)Nc3ccc(Cl)nn3)cc2)n1. The topological polar surface area (TPSA) is 119 Å². The van der Waals surface area contributed by atoms with Gasteiger partial charge in [-0.15, -0.1) is 10.2 Å². The van der Waals surface area contributed by atoms with Crippen LogP contribution in [-0.2, 0) is 21.4 Å². The number of rotatable bonds is 7. The second-order valence-corrected chi connectivity index (χ2v) is 8.16. The lowest BCUT2D eigenvalue weighted by Gasteiger charge is -2.10. The zero-order valence-electron chi connectivity index (χ0n) is 15.4. The molecule has 3 rings (SSSR count). The van der Waals surface area contributed by atoms with E-state index in [1.54, 1.807) is 6.92 Å². The molecule has 2 aromatic heterocycles. The number of alkyl halides is 2. The summed E-state index contributed by atoms with van der Waals surface area (Å²) in [5, 5.41) is 13.7. The molecule has 0 aliphatic carbocycles. The number of hydrogen-bond acceptors (Lipinski definition) is 6. The average Bonchev–Trinajstić information content (AvgIpc) is 3.04. The molecule has 2 N–H and O–H groups in total. The highest BCUT2D eigenvalue weighted by atomic mass is 35.5. The van der Waals surface area contributed by atoms with Gasteiger partial charge in [-0.2, -0.15) is 5.10 Å². The number of halogens is 3. The van der Waals surface area contributed by atoms with Crippen LogP contribution >= 0.6 is 11.6 Å². The summed E-state index contributed by atoms with van der Waals surface area (Å²) in [4.78, 5) is 12.1. The fourth-order valence-electron chi connectivity index (χ4n) is 2.49. The summed E-state index contributed by atoms with van der Waals surface area (Å²) in [5.74, 6) is -0.605. The van der Waals surface area contributed by atoms with Crippen molar-refractivity contribution in [3.8, 4) is 0 Å². The first kappa shape index (κ1) is 21.6. The molecule has 0 bridgehead atoms. The molecule has 2 heterocycles. The number of carbonyl (C=O) groups excluding carboxylic acids is 1. The minimum absolute atomic E-state index is 0.0128. The van der Waals surface area contributed by atoms with Crippen LogP contribution in [0.3, 0.4) is 0 Å². The van der Waals surface area contributed by atoms with E-state index in [4.69, 9.17) is 11.6 Å². The Morgan fingerprint density at radius 2 is 1.87 bits per heavy atom. The van der Waals surface area contributed by atoms with E-state index in [-0.39, 0.29) is 27.2 Å². The summed E-state index contributed by atoms with van der Waals surface area (Å²) in [6, 6.07) is 9.20. The van der Waals surface area contributed by atoms with Gasteiger partial charge >= 0.3 is 0 Å². The van der Waals surface area contributed by atoms with Crippen LogP contribution in [0.4, 0.5) is 20.3 Å². The van der Waals surface area contributed by atoms with Crippen LogP contribution < -0.4 is 10.0 Å². The number of nitrogens with zero attached hydrogens (tertiary/aromatic N) is 4. The Labute approximate surface area is 175 Å². The number of benzene rings is 1. The standard InChI is InChI=1S/C17H15ClF2N6O3S/c1-10-8-13(17(19)20)26(24-10)9-16(27)21-11-2-4-12(5-3-11)30(28,29)25-15-7-6-14(18)22-23-15/h2-8,17H,9H2,1H3,(H,21,27)(H,23,25). The largest absolute Gasteiger partial charge is 0.324 e. The van der Waals surface area contributed by atoms with Gasteiger partial charge < -0.3 is 5.32 Å². The Morgan fingerprint density at radius 3 is 2.47 bits per heavy atom. The molecular formula is C17H15ClF2N6O3S. The molecule has 158 valence electrons. The van der Waals surface area contributed by atoms with Gasteiger partial charge in [-0.3, -0.25) is 14.2 Å². The molecule has 0 saturated heterocycles.